The zero-order valence-corrected chi connectivity index (χ0v) is 16.7. The van der Waals surface area contributed by atoms with E-state index in [1.165, 1.54) is 15.3 Å². The van der Waals surface area contributed by atoms with Crippen LogP contribution in [0.3, 0.4) is 0 Å². The third kappa shape index (κ3) is 4.04. The van der Waals surface area contributed by atoms with Crippen molar-refractivity contribution in [3.05, 3.63) is 58.6 Å². The maximum Gasteiger partial charge on any atom is 0.238 e. The first-order valence-corrected chi connectivity index (χ1v) is 10.4. The monoisotopic (exact) mass is 379 g/mol. The van der Waals surface area contributed by atoms with E-state index >= 15 is 0 Å². The summed E-state index contributed by atoms with van der Waals surface area (Å²) >= 11 is 1.79. The van der Waals surface area contributed by atoms with E-state index in [4.69, 9.17) is 4.98 Å². The molecular weight excluding hydrogens is 354 g/mol. The SMILES string of the molecule is Cc1cccc(NC(=O)CN2CCC[C@@H](c3nc4ccccc4s3)C2)c1C. The number of carbonyl (C=O) groups excluding carboxylic acids is 1. The number of aromatic nitrogens is 1. The molecule has 1 atom stereocenters. The summed E-state index contributed by atoms with van der Waals surface area (Å²) in [6.07, 6.45) is 2.26. The Morgan fingerprint density at radius 2 is 2.07 bits per heavy atom. The zero-order valence-electron chi connectivity index (χ0n) is 15.9. The topological polar surface area (TPSA) is 45.2 Å². The minimum absolute atomic E-state index is 0.0636. The summed E-state index contributed by atoms with van der Waals surface area (Å²) in [6.45, 7) is 6.43. The van der Waals surface area contributed by atoms with E-state index in [0.717, 1.165) is 42.7 Å². The van der Waals surface area contributed by atoms with Crippen molar-refractivity contribution in [2.24, 2.45) is 0 Å². The summed E-state index contributed by atoms with van der Waals surface area (Å²) < 4.78 is 1.25. The highest BCUT2D eigenvalue weighted by Crippen LogP contribution is 2.32. The Morgan fingerprint density at radius 1 is 1.22 bits per heavy atom. The summed E-state index contributed by atoms with van der Waals surface area (Å²) in [5.74, 6) is 0.485. The standard InChI is InChI=1S/C22H25N3OS/c1-15-7-5-10-18(16(15)2)23-21(26)14-25-12-6-8-17(13-25)22-24-19-9-3-4-11-20(19)27-22/h3-5,7,9-11,17H,6,8,12-14H2,1-2H3,(H,23,26)/t17-/m1/s1. The van der Waals surface area contributed by atoms with Gasteiger partial charge in [0.15, 0.2) is 0 Å². The van der Waals surface area contributed by atoms with Gasteiger partial charge in [0.05, 0.1) is 21.8 Å². The minimum Gasteiger partial charge on any atom is -0.325 e. The molecule has 0 unspecified atom stereocenters. The first kappa shape index (κ1) is 18.1. The fraction of sp³-hybridized carbons (Fsp3) is 0.364. The van der Waals surface area contributed by atoms with Gasteiger partial charge >= 0.3 is 0 Å². The van der Waals surface area contributed by atoms with Crippen LogP contribution in [-0.2, 0) is 4.79 Å². The van der Waals surface area contributed by atoms with Crippen LogP contribution in [0.4, 0.5) is 5.69 Å². The zero-order chi connectivity index (χ0) is 18.8. The Hall–Kier alpha value is -2.24. The van der Waals surface area contributed by atoms with Gasteiger partial charge in [-0.1, -0.05) is 24.3 Å². The van der Waals surface area contributed by atoms with Gasteiger partial charge in [-0.3, -0.25) is 9.69 Å². The smallest absolute Gasteiger partial charge is 0.238 e. The first-order valence-electron chi connectivity index (χ1n) is 9.54. The van der Waals surface area contributed by atoms with Gasteiger partial charge in [0.25, 0.3) is 0 Å². The molecule has 3 aromatic rings. The maximum atomic E-state index is 12.6. The number of nitrogens with zero attached hydrogens (tertiary/aromatic N) is 2. The lowest BCUT2D eigenvalue weighted by Gasteiger charge is -2.31. The summed E-state index contributed by atoms with van der Waals surface area (Å²) in [5, 5.41) is 4.29. The molecule has 4 rings (SSSR count). The quantitative estimate of drug-likeness (QED) is 0.713. The highest BCUT2D eigenvalue weighted by Gasteiger charge is 2.25. The highest BCUT2D eigenvalue weighted by molar-refractivity contribution is 7.18. The molecule has 1 N–H and O–H groups in total. The second-order valence-electron chi connectivity index (χ2n) is 7.39. The number of fused-ring (bicyclic) bond motifs is 1. The van der Waals surface area contributed by atoms with Gasteiger partial charge in [0.2, 0.25) is 5.91 Å². The van der Waals surface area contributed by atoms with E-state index in [1.54, 1.807) is 11.3 Å². The van der Waals surface area contributed by atoms with Crippen molar-refractivity contribution in [1.82, 2.24) is 9.88 Å². The van der Waals surface area contributed by atoms with Crippen LogP contribution in [0, 0.1) is 13.8 Å². The summed E-state index contributed by atoms with van der Waals surface area (Å²) in [7, 11) is 0. The van der Waals surface area contributed by atoms with Crippen molar-refractivity contribution in [1.29, 1.82) is 0 Å². The Bertz CT molecular complexity index is 932. The molecule has 2 aromatic carbocycles. The Labute approximate surface area is 164 Å². The Morgan fingerprint density at radius 3 is 2.93 bits per heavy atom. The maximum absolute atomic E-state index is 12.6. The van der Waals surface area contributed by atoms with E-state index < -0.39 is 0 Å². The van der Waals surface area contributed by atoms with Crippen LogP contribution in [0.1, 0.15) is 34.9 Å². The van der Waals surface area contributed by atoms with Gasteiger partial charge < -0.3 is 5.32 Å². The normalized spacial score (nSPS) is 17.9. The molecule has 1 saturated heterocycles. The lowest BCUT2D eigenvalue weighted by Crippen LogP contribution is -2.39. The summed E-state index contributed by atoms with van der Waals surface area (Å²) in [5.41, 5.74) is 4.33. The van der Waals surface area contributed by atoms with Crippen LogP contribution < -0.4 is 5.32 Å². The lowest BCUT2D eigenvalue weighted by molar-refractivity contribution is -0.117. The number of anilines is 1. The average Bonchev–Trinajstić information content (AvgIpc) is 3.10. The molecule has 4 nitrogen and oxygen atoms in total. The van der Waals surface area contributed by atoms with Crippen LogP contribution in [0.2, 0.25) is 0 Å². The fourth-order valence-corrected chi connectivity index (χ4v) is 4.84. The van der Waals surface area contributed by atoms with Gasteiger partial charge in [0, 0.05) is 18.2 Å². The van der Waals surface area contributed by atoms with Crippen molar-refractivity contribution >= 4 is 33.1 Å². The molecule has 0 bridgehead atoms. The van der Waals surface area contributed by atoms with Crippen molar-refractivity contribution in [3.8, 4) is 0 Å². The third-order valence-corrected chi connectivity index (χ3v) is 6.61. The number of nitrogens with one attached hydrogen (secondary N) is 1. The van der Waals surface area contributed by atoms with Crippen molar-refractivity contribution in [2.45, 2.75) is 32.6 Å². The van der Waals surface area contributed by atoms with Gasteiger partial charge in [-0.25, -0.2) is 4.98 Å². The second kappa shape index (κ2) is 7.79. The molecule has 0 spiro atoms. The molecule has 1 aliphatic heterocycles. The number of benzene rings is 2. The fourth-order valence-electron chi connectivity index (χ4n) is 3.74. The molecular formula is C22H25N3OS. The van der Waals surface area contributed by atoms with Crippen molar-refractivity contribution in [3.63, 3.8) is 0 Å². The van der Waals surface area contributed by atoms with E-state index in [1.807, 2.05) is 18.2 Å². The van der Waals surface area contributed by atoms with Gasteiger partial charge in [-0.05, 0) is 62.6 Å². The Balaban J connectivity index is 1.40. The van der Waals surface area contributed by atoms with Gasteiger partial charge in [-0.15, -0.1) is 11.3 Å². The predicted octanol–water partition coefficient (Wildman–Crippen LogP) is 4.73. The molecule has 1 aliphatic rings. The number of para-hydroxylation sites is 1. The number of likely N-dealkylation sites (tertiary alicyclic amines) is 1. The number of thiazole rings is 1. The van der Waals surface area contributed by atoms with Gasteiger partial charge in [-0.2, -0.15) is 0 Å². The number of hydrogen-bond donors (Lipinski definition) is 1. The van der Waals surface area contributed by atoms with Crippen molar-refractivity contribution in [2.75, 3.05) is 25.0 Å². The molecule has 1 amide bonds. The van der Waals surface area contributed by atoms with Crippen LogP contribution in [0.25, 0.3) is 10.2 Å². The summed E-state index contributed by atoms with van der Waals surface area (Å²) in [6, 6.07) is 14.3. The molecule has 0 aliphatic carbocycles. The second-order valence-corrected chi connectivity index (χ2v) is 8.45. The predicted molar refractivity (Wildman–Crippen MR) is 113 cm³/mol. The number of amides is 1. The van der Waals surface area contributed by atoms with Gasteiger partial charge in [0.1, 0.15) is 0 Å². The number of hydrogen-bond acceptors (Lipinski definition) is 4. The van der Waals surface area contributed by atoms with E-state index in [0.29, 0.717) is 12.5 Å². The Kier molecular flexibility index (Phi) is 5.23. The van der Waals surface area contributed by atoms with E-state index in [-0.39, 0.29) is 5.91 Å². The number of piperidine rings is 1. The molecule has 0 saturated carbocycles. The third-order valence-electron chi connectivity index (χ3n) is 5.41. The largest absolute Gasteiger partial charge is 0.325 e. The van der Waals surface area contributed by atoms with Crippen LogP contribution in [0.5, 0.6) is 0 Å². The average molecular weight is 380 g/mol. The molecule has 140 valence electrons. The number of carbonyl (C=O) groups is 1. The molecule has 1 fully saturated rings. The molecule has 1 aromatic heterocycles. The first-order chi connectivity index (χ1) is 13.1. The molecule has 2 heterocycles. The molecule has 5 heteroatoms. The summed E-state index contributed by atoms with van der Waals surface area (Å²) in [4.78, 5) is 19.7. The van der Waals surface area contributed by atoms with E-state index in [9.17, 15) is 4.79 Å². The molecule has 27 heavy (non-hydrogen) atoms. The lowest BCUT2D eigenvalue weighted by atomic mass is 9.99. The molecule has 0 radical (unpaired) electrons. The highest BCUT2D eigenvalue weighted by atomic mass is 32.1. The van der Waals surface area contributed by atoms with E-state index in [2.05, 4.69) is 48.3 Å². The van der Waals surface area contributed by atoms with Crippen molar-refractivity contribution < 1.29 is 4.79 Å². The number of aryl methyl sites for hydroxylation is 1. The van der Waals surface area contributed by atoms with Crippen LogP contribution in [0.15, 0.2) is 42.5 Å². The van der Waals surface area contributed by atoms with Crippen LogP contribution in [-0.4, -0.2) is 35.4 Å². The minimum atomic E-state index is 0.0636. The van der Waals surface area contributed by atoms with Crippen LogP contribution >= 0.6 is 11.3 Å². The number of rotatable bonds is 4.